The van der Waals surface area contributed by atoms with Crippen LogP contribution in [0, 0.1) is 0 Å². The van der Waals surface area contributed by atoms with E-state index in [2.05, 4.69) is 62.5 Å². The van der Waals surface area contributed by atoms with Crippen LogP contribution in [0.1, 0.15) is 277 Å². The lowest BCUT2D eigenvalue weighted by molar-refractivity contribution is -0.870. The lowest BCUT2D eigenvalue weighted by Crippen LogP contribution is -2.44. The highest BCUT2D eigenvalue weighted by molar-refractivity contribution is 5.70. The molecule has 2 atom stereocenters. The van der Waals surface area contributed by atoms with Gasteiger partial charge in [0.2, 0.25) is 0 Å². The third kappa shape index (κ3) is 55.0. The molecule has 9 nitrogen and oxygen atoms in total. The van der Waals surface area contributed by atoms with Gasteiger partial charge in [-0.2, -0.15) is 0 Å². The minimum atomic E-state index is -1.62. The number of carbonyl (C=O) groups excluding carboxylic acids is 3. The third-order valence-corrected chi connectivity index (χ3v) is 13.3. The van der Waals surface area contributed by atoms with Gasteiger partial charge in [-0.25, -0.2) is 0 Å². The highest BCUT2D eigenvalue weighted by Gasteiger charge is 2.22. The quantitative estimate of drug-likeness (QED) is 0.0195. The Morgan fingerprint density at radius 2 is 0.764 bits per heavy atom. The zero-order chi connectivity index (χ0) is 52.7. The van der Waals surface area contributed by atoms with Gasteiger partial charge in [-0.15, -0.1) is 0 Å². The fourth-order valence-corrected chi connectivity index (χ4v) is 8.58. The van der Waals surface area contributed by atoms with Crippen molar-refractivity contribution in [3.05, 3.63) is 48.6 Å². The molecule has 2 unspecified atom stereocenters. The van der Waals surface area contributed by atoms with Crippen molar-refractivity contribution in [1.29, 1.82) is 0 Å². The standard InChI is InChI=1S/C63H115NO8/c1-6-8-10-12-14-16-18-20-22-23-24-25-26-27-28-29-30-31-32-33-34-35-36-37-38-39-40-42-44-46-48-50-52-54-61(66)72-59(58-71-63(62(67)68)69-56-55-64(3,4)5)57-70-60(65)53-51-49-47-45-43-41-21-19-17-15-13-11-9-7-2/h13,15,18-21,23-24,59,63H,6-12,14,16-17,22,25-58H2,1-5H3/b15-13-,20-18-,21-19-,24-23-. The molecule has 9 heteroatoms. The van der Waals surface area contributed by atoms with E-state index in [1.807, 2.05) is 21.1 Å². The lowest BCUT2D eigenvalue weighted by Gasteiger charge is -2.26. The molecular weight excluding hydrogens is 899 g/mol. The van der Waals surface area contributed by atoms with Crippen molar-refractivity contribution in [3.63, 3.8) is 0 Å². The average Bonchev–Trinajstić information content (AvgIpc) is 3.35. The second-order valence-corrected chi connectivity index (χ2v) is 21.6. The number of nitrogens with zero attached hydrogens (tertiary/aromatic N) is 1. The Kier molecular flexibility index (Phi) is 52.4. The van der Waals surface area contributed by atoms with Crippen molar-refractivity contribution >= 4 is 17.9 Å². The maximum Gasteiger partial charge on any atom is 0.306 e. The molecule has 0 aliphatic rings. The van der Waals surface area contributed by atoms with Crippen molar-refractivity contribution in [3.8, 4) is 0 Å². The van der Waals surface area contributed by atoms with E-state index >= 15 is 0 Å². The van der Waals surface area contributed by atoms with Gasteiger partial charge in [0, 0.05) is 12.8 Å². The predicted octanol–water partition coefficient (Wildman–Crippen LogP) is 16.5. The molecule has 0 heterocycles. The van der Waals surface area contributed by atoms with Gasteiger partial charge in [0.05, 0.1) is 40.3 Å². The summed E-state index contributed by atoms with van der Waals surface area (Å²) in [5.41, 5.74) is 0. The van der Waals surface area contributed by atoms with Gasteiger partial charge < -0.3 is 33.3 Å². The number of carboxylic acids is 1. The zero-order valence-electron chi connectivity index (χ0n) is 47.8. The van der Waals surface area contributed by atoms with Crippen molar-refractivity contribution in [2.45, 2.75) is 289 Å². The second-order valence-electron chi connectivity index (χ2n) is 21.6. The summed E-state index contributed by atoms with van der Waals surface area (Å²) in [6.07, 6.45) is 64.7. The molecule has 0 saturated carbocycles. The minimum Gasteiger partial charge on any atom is -0.545 e. The van der Waals surface area contributed by atoms with Gasteiger partial charge in [-0.05, 0) is 70.6 Å². The summed E-state index contributed by atoms with van der Waals surface area (Å²) in [4.78, 5) is 37.2. The van der Waals surface area contributed by atoms with E-state index < -0.39 is 24.3 Å². The molecule has 0 bridgehead atoms. The minimum absolute atomic E-state index is 0.146. The predicted molar refractivity (Wildman–Crippen MR) is 302 cm³/mol. The molecule has 0 aliphatic carbocycles. The fraction of sp³-hybridized carbons (Fsp3) is 0.825. The summed E-state index contributed by atoms with van der Waals surface area (Å²) < 4.78 is 22.7. The van der Waals surface area contributed by atoms with Gasteiger partial charge in [0.25, 0.3) is 0 Å². The molecule has 0 amide bonds. The van der Waals surface area contributed by atoms with Crippen molar-refractivity contribution in [2.24, 2.45) is 0 Å². The Morgan fingerprint density at radius 1 is 0.417 bits per heavy atom. The third-order valence-electron chi connectivity index (χ3n) is 13.3. The molecule has 72 heavy (non-hydrogen) atoms. The number of ether oxygens (including phenoxy) is 4. The molecule has 0 saturated heterocycles. The molecular formula is C63H115NO8. The van der Waals surface area contributed by atoms with Crippen molar-refractivity contribution in [2.75, 3.05) is 47.5 Å². The molecule has 0 rings (SSSR count). The molecule has 0 aromatic carbocycles. The van der Waals surface area contributed by atoms with Crippen LogP contribution in [-0.2, 0) is 33.3 Å². The molecule has 0 aliphatic heterocycles. The maximum absolute atomic E-state index is 12.9. The monoisotopic (exact) mass is 1010 g/mol. The van der Waals surface area contributed by atoms with E-state index in [-0.39, 0.29) is 38.6 Å². The van der Waals surface area contributed by atoms with Crippen LogP contribution in [0.15, 0.2) is 48.6 Å². The first-order valence-electron chi connectivity index (χ1n) is 30.3. The number of aliphatic carboxylic acids is 1. The van der Waals surface area contributed by atoms with E-state index in [0.29, 0.717) is 17.4 Å². The smallest absolute Gasteiger partial charge is 0.306 e. The second kappa shape index (κ2) is 54.5. The number of allylic oxidation sites excluding steroid dienone is 8. The van der Waals surface area contributed by atoms with E-state index in [0.717, 1.165) is 70.6 Å². The van der Waals surface area contributed by atoms with E-state index in [9.17, 15) is 19.5 Å². The number of esters is 2. The number of carbonyl (C=O) groups is 3. The lowest BCUT2D eigenvalue weighted by atomic mass is 10.0. The first kappa shape index (κ1) is 69.2. The number of quaternary nitrogens is 1. The molecule has 0 aromatic rings. The fourth-order valence-electron chi connectivity index (χ4n) is 8.58. The summed E-state index contributed by atoms with van der Waals surface area (Å²) >= 11 is 0. The number of unbranched alkanes of at least 4 members (excludes halogenated alkanes) is 33. The number of carboxylic acid groups (broad SMARTS) is 1. The zero-order valence-corrected chi connectivity index (χ0v) is 47.8. The van der Waals surface area contributed by atoms with Crippen LogP contribution in [0.2, 0.25) is 0 Å². The molecule has 0 N–H and O–H groups in total. The summed E-state index contributed by atoms with van der Waals surface area (Å²) in [5, 5.41) is 11.8. The number of likely N-dealkylation sites (N-methyl/N-ethyl adjacent to an activating group) is 1. The average molecular weight is 1010 g/mol. The summed E-state index contributed by atoms with van der Waals surface area (Å²) in [6.45, 7) is 4.70. The largest absolute Gasteiger partial charge is 0.545 e. The van der Waals surface area contributed by atoms with Crippen LogP contribution in [-0.4, -0.2) is 82.3 Å². The first-order chi connectivity index (χ1) is 35.1. The summed E-state index contributed by atoms with van der Waals surface area (Å²) in [6, 6.07) is 0. The highest BCUT2D eigenvalue weighted by Crippen LogP contribution is 2.17. The molecule has 0 aromatic heterocycles. The van der Waals surface area contributed by atoms with Crippen LogP contribution >= 0.6 is 0 Å². The van der Waals surface area contributed by atoms with Gasteiger partial charge in [0.15, 0.2) is 12.4 Å². The summed E-state index contributed by atoms with van der Waals surface area (Å²) in [7, 11) is 5.92. The Bertz CT molecular complexity index is 1320. The molecule has 0 fully saturated rings. The van der Waals surface area contributed by atoms with Crippen LogP contribution in [0.25, 0.3) is 0 Å². The van der Waals surface area contributed by atoms with E-state index in [1.165, 1.54) is 173 Å². The van der Waals surface area contributed by atoms with Gasteiger partial charge in [-0.3, -0.25) is 9.59 Å². The van der Waals surface area contributed by atoms with E-state index in [4.69, 9.17) is 18.9 Å². The summed E-state index contributed by atoms with van der Waals surface area (Å²) in [5.74, 6) is -2.29. The van der Waals surface area contributed by atoms with Gasteiger partial charge in [-0.1, -0.05) is 242 Å². The highest BCUT2D eigenvalue weighted by atomic mass is 16.7. The molecule has 420 valence electrons. The normalized spacial score (nSPS) is 13.1. The topological polar surface area (TPSA) is 111 Å². The van der Waals surface area contributed by atoms with Gasteiger partial charge in [0.1, 0.15) is 13.2 Å². The Balaban J connectivity index is 4.06. The van der Waals surface area contributed by atoms with Crippen LogP contribution in [0.5, 0.6) is 0 Å². The maximum atomic E-state index is 12.9. The van der Waals surface area contributed by atoms with E-state index in [1.54, 1.807) is 0 Å². The first-order valence-corrected chi connectivity index (χ1v) is 30.3. The Morgan fingerprint density at radius 3 is 1.14 bits per heavy atom. The molecule has 0 radical (unpaired) electrons. The van der Waals surface area contributed by atoms with Crippen molar-refractivity contribution < 1.29 is 42.9 Å². The van der Waals surface area contributed by atoms with Gasteiger partial charge >= 0.3 is 11.9 Å². The Hall–Kier alpha value is -2.75. The van der Waals surface area contributed by atoms with Crippen molar-refractivity contribution in [1.82, 2.24) is 0 Å². The number of hydrogen-bond acceptors (Lipinski definition) is 8. The van der Waals surface area contributed by atoms with Crippen LogP contribution in [0.4, 0.5) is 0 Å². The molecule has 0 spiro atoms. The SMILES string of the molecule is CCCC/C=C\C/C=C\CCCCCCCC(=O)OCC(COC(OCC[N+](C)(C)C)C(=O)[O-])OC(=O)CCCCCCCCCCCCCCCCCCCCCCC/C=C\C/C=C\CCCCCCC. The van der Waals surface area contributed by atoms with Crippen LogP contribution < -0.4 is 5.11 Å². The number of hydrogen-bond donors (Lipinski definition) is 0. The number of rotatable bonds is 56. The Labute approximate surface area is 444 Å². The van der Waals surface area contributed by atoms with Crippen LogP contribution in [0.3, 0.4) is 0 Å².